The zero-order valence-electron chi connectivity index (χ0n) is 23.0. The van der Waals surface area contributed by atoms with E-state index >= 15 is 0 Å². The number of hydrogen-bond acceptors (Lipinski definition) is 6. The van der Waals surface area contributed by atoms with Gasteiger partial charge in [-0.3, -0.25) is 29.8 Å². The zero-order chi connectivity index (χ0) is 28.3. The quantitative estimate of drug-likeness (QED) is 0.162. The largest absolute Gasteiger partial charge is 0.283 e. The van der Waals surface area contributed by atoms with Gasteiger partial charge in [-0.15, -0.1) is 11.3 Å². The molecule has 0 bridgehead atoms. The van der Waals surface area contributed by atoms with Gasteiger partial charge >= 0.3 is 0 Å². The molecule has 0 saturated heterocycles. The van der Waals surface area contributed by atoms with Crippen molar-refractivity contribution in [2.45, 2.75) is 58.2 Å². The molecule has 40 heavy (non-hydrogen) atoms. The number of aryl methyl sites for hydroxylation is 1. The van der Waals surface area contributed by atoms with E-state index in [0.717, 1.165) is 47.0 Å². The number of carbonyl (C=O) groups is 2. The highest BCUT2D eigenvalue weighted by Crippen LogP contribution is 2.44. The number of amides is 2. The van der Waals surface area contributed by atoms with Gasteiger partial charge in [-0.1, -0.05) is 87.5 Å². The third kappa shape index (κ3) is 6.00. The lowest BCUT2D eigenvalue weighted by atomic mass is 9.70. The van der Waals surface area contributed by atoms with Crippen molar-refractivity contribution in [3.8, 4) is 0 Å². The molecule has 2 heterocycles. The first-order valence-corrected chi connectivity index (χ1v) is 15.4. The molecule has 1 unspecified atom stereocenters. The summed E-state index contributed by atoms with van der Waals surface area (Å²) in [7, 11) is 0. The molecule has 1 atom stereocenters. The summed E-state index contributed by atoms with van der Waals surface area (Å²) in [6, 6.07) is 18.5. The molecular weight excluding hydrogens is 541 g/mol. The Morgan fingerprint density at radius 3 is 2.48 bits per heavy atom. The van der Waals surface area contributed by atoms with E-state index in [-0.39, 0.29) is 22.6 Å². The van der Waals surface area contributed by atoms with Crippen LogP contribution in [0.2, 0.25) is 0 Å². The van der Waals surface area contributed by atoms with Gasteiger partial charge < -0.3 is 0 Å². The number of nitrogens with one attached hydrogen (secondary N) is 2. The zero-order valence-corrected chi connectivity index (χ0v) is 24.7. The average Bonchev–Trinajstić information content (AvgIpc) is 3.35. The van der Waals surface area contributed by atoms with Crippen LogP contribution < -0.4 is 16.4 Å². The van der Waals surface area contributed by atoms with Gasteiger partial charge in [0.2, 0.25) is 5.91 Å². The third-order valence-corrected chi connectivity index (χ3v) is 10.1. The normalized spacial score (nSPS) is 15.0. The van der Waals surface area contributed by atoms with Gasteiger partial charge in [0.1, 0.15) is 4.83 Å². The molecule has 0 radical (unpaired) electrons. The lowest BCUT2D eigenvalue weighted by Gasteiger charge is -2.36. The second kappa shape index (κ2) is 12.0. The summed E-state index contributed by atoms with van der Waals surface area (Å²) in [5.74, 6) is -0.203. The second-order valence-electron chi connectivity index (χ2n) is 10.9. The molecule has 2 aromatic heterocycles. The number of aromatic nitrogens is 2. The molecule has 2 aromatic carbocycles. The first kappa shape index (κ1) is 28.1. The summed E-state index contributed by atoms with van der Waals surface area (Å²) < 4.78 is 1.69. The fraction of sp³-hybridized carbons (Fsp3) is 0.355. The Labute approximate surface area is 242 Å². The summed E-state index contributed by atoms with van der Waals surface area (Å²) in [5, 5.41) is 1.22. The van der Waals surface area contributed by atoms with E-state index in [0.29, 0.717) is 23.2 Å². The van der Waals surface area contributed by atoms with E-state index in [9.17, 15) is 14.4 Å². The van der Waals surface area contributed by atoms with Gasteiger partial charge in [0, 0.05) is 10.4 Å². The summed E-state index contributed by atoms with van der Waals surface area (Å²) in [6.07, 6.45) is 4.06. The molecule has 1 aliphatic carbocycles. The topological polar surface area (TPSA) is 93.1 Å². The molecule has 1 aliphatic rings. The molecule has 5 rings (SSSR count). The molecule has 2 N–H and O–H groups in total. The maximum absolute atomic E-state index is 14.0. The highest BCUT2D eigenvalue weighted by atomic mass is 32.2. The van der Waals surface area contributed by atoms with E-state index in [1.165, 1.54) is 16.6 Å². The SMILES string of the molecule is CCC(C)(C)C1CCc2c(sc3nc(SCC(=O)NNC(=O)c4ccccc4)n(Cc4ccccc4)c(=O)c23)C1. The number of thiophene rings is 1. The van der Waals surface area contributed by atoms with E-state index in [2.05, 4.69) is 31.6 Å². The number of hydrogen-bond donors (Lipinski definition) is 2. The second-order valence-corrected chi connectivity index (χ2v) is 12.9. The Morgan fingerprint density at radius 2 is 1.77 bits per heavy atom. The maximum Gasteiger partial charge on any atom is 0.269 e. The van der Waals surface area contributed by atoms with Crippen molar-refractivity contribution in [1.82, 2.24) is 20.4 Å². The van der Waals surface area contributed by atoms with Crippen LogP contribution in [0.3, 0.4) is 0 Å². The van der Waals surface area contributed by atoms with Crippen molar-refractivity contribution >= 4 is 45.1 Å². The number of rotatable bonds is 8. The Hall–Kier alpha value is -3.43. The highest BCUT2D eigenvalue weighted by Gasteiger charge is 2.34. The van der Waals surface area contributed by atoms with E-state index in [1.54, 1.807) is 40.2 Å². The summed E-state index contributed by atoms with van der Waals surface area (Å²) in [5.41, 5.74) is 7.69. The van der Waals surface area contributed by atoms with Gasteiger partial charge in [-0.25, -0.2) is 4.98 Å². The van der Waals surface area contributed by atoms with Crippen LogP contribution >= 0.6 is 23.1 Å². The number of benzene rings is 2. The number of nitrogens with zero attached hydrogens (tertiary/aromatic N) is 2. The lowest BCUT2D eigenvalue weighted by Crippen LogP contribution is -2.42. The minimum absolute atomic E-state index is 0.000338. The Morgan fingerprint density at radius 1 is 1.07 bits per heavy atom. The third-order valence-electron chi connectivity index (χ3n) is 8.02. The van der Waals surface area contributed by atoms with Crippen LogP contribution in [0.4, 0.5) is 0 Å². The summed E-state index contributed by atoms with van der Waals surface area (Å²) in [4.78, 5) is 45.9. The monoisotopic (exact) mass is 574 g/mol. The fourth-order valence-corrected chi connectivity index (χ4v) is 7.30. The van der Waals surface area contributed by atoms with E-state index < -0.39 is 5.91 Å². The molecule has 0 aliphatic heterocycles. The molecule has 4 aromatic rings. The van der Waals surface area contributed by atoms with Crippen LogP contribution in [0.5, 0.6) is 0 Å². The van der Waals surface area contributed by atoms with Gasteiger partial charge in [-0.05, 0) is 53.9 Å². The number of hydrazine groups is 1. The molecule has 2 amide bonds. The van der Waals surface area contributed by atoms with Crippen molar-refractivity contribution in [2.75, 3.05) is 5.75 Å². The Balaban J connectivity index is 1.40. The van der Waals surface area contributed by atoms with Crippen molar-refractivity contribution in [1.29, 1.82) is 0 Å². The van der Waals surface area contributed by atoms with Crippen LogP contribution in [0, 0.1) is 11.3 Å². The van der Waals surface area contributed by atoms with Crippen LogP contribution in [0.15, 0.2) is 70.6 Å². The van der Waals surface area contributed by atoms with Gasteiger partial charge in [0.05, 0.1) is 17.7 Å². The van der Waals surface area contributed by atoms with Crippen molar-refractivity contribution < 1.29 is 9.59 Å². The molecular formula is C31H34N4O3S2. The average molecular weight is 575 g/mol. The molecule has 7 nitrogen and oxygen atoms in total. The van der Waals surface area contributed by atoms with Gasteiger partial charge in [0.25, 0.3) is 11.5 Å². The van der Waals surface area contributed by atoms with E-state index in [4.69, 9.17) is 4.98 Å². The molecule has 208 valence electrons. The van der Waals surface area contributed by atoms with Crippen LogP contribution in [0.25, 0.3) is 10.2 Å². The van der Waals surface area contributed by atoms with Crippen LogP contribution in [-0.2, 0) is 24.2 Å². The van der Waals surface area contributed by atoms with Gasteiger partial charge in [0.15, 0.2) is 5.16 Å². The first-order chi connectivity index (χ1) is 19.3. The fourth-order valence-electron chi connectivity index (χ4n) is 5.17. The van der Waals surface area contributed by atoms with Gasteiger partial charge in [-0.2, -0.15) is 0 Å². The lowest BCUT2D eigenvalue weighted by molar-refractivity contribution is -0.119. The van der Waals surface area contributed by atoms with Crippen molar-refractivity contribution in [3.05, 3.63) is 92.6 Å². The Kier molecular flexibility index (Phi) is 8.42. The van der Waals surface area contributed by atoms with E-state index in [1.807, 2.05) is 36.4 Å². The van der Waals surface area contributed by atoms with Crippen molar-refractivity contribution in [3.63, 3.8) is 0 Å². The standard InChI is InChI=1S/C31H34N4O3S2/c1-4-31(2,3)22-15-16-23-24(17-22)40-28-26(23)29(38)35(18-20-11-7-5-8-12-20)30(32-28)39-19-25(36)33-34-27(37)21-13-9-6-10-14-21/h5-14,22H,4,15-19H2,1-3H3,(H,33,36)(H,34,37). The molecule has 9 heteroatoms. The molecule has 0 saturated carbocycles. The minimum atomic E-state index is -0.395. The highest BCUT2D eigenvalue weighted by molar-refractivity contribution is 7.99. The molecule has 0 fully saturated rings. The minimum Gasteiger partial charge on any atom is -0.283 e. The maximum atomic E-state index is 14.0. The number of carbonyl (C=O) groups excluding carboxylic acids is 2. The van der Waals surface area contributed by atoms with Crippen LogP contribution in [-0.4, -0.2) is 27.1 Å². The Bertz CT molecular complexity index is 1580. The predicted octanol–water partition coefficient (Wildman–Crippen LogP) is 5.60. The smallest absolute Gasteiger partial charge is 0.269 e. The predicted molar refractivity (Wildman–Crippen MR) is 162 cm³/mol. The summed E-state index contributed by atoms with van der Waals surface area (Å²) in [6.45, 7) is 7.29. The molecule has 0 spiro atoms. The van der Waals surface area contributed by atoms with Crippen molar-refractivity contribution in [2.24, 2.45) is 11.3 Å². The van der Waals surface area contributed by atoms with Crippen LogP contribution in [0.1, 0.15) is 60.0 Å². The first-order valence-electron chi connectivity index (χ1n) is 13.6. The summed E-state index contributed by atoms with van der Waals surface area (Å²) >= 11 is 2.82. The number of fused-ring (bicyclic) bond motifs is 3. The number of thioether (sulfide) groups is 1.